The normalized spacial score (nSPS) is 11.2. The molecule has 0 aliphatic heterocycles. The summed E-state index contributed by atoms with van der Waals surface area (Å²) in [5.74, 6) is 0.293. The molecule has 26 heavy (non-hydrogen) atoms. The van der Waals surface area contributed by atoms with Crippen LogP contribution < -0.4 is 0 Å². The van der Waals surface area contributed by atoms with Gasteiger partial charge in [0.2, 0.25) is 0 Å². The van der Waals surface area contributed by atoms with Gasteiger partial charge in [0.25, 0.3) is 0 Å². The van der Waals surface area contributed by atoms with E-state index in [9.17, 15) is 4.39 Å². The van der Waals surface area contributed by atoms with E-state index in [1.165, 1.54) is 17.7 Å². The Kier molecular flexibility index (Phi) is 4.94. The summed E-state index contributed by atoms with van der Waals surface area (Å²) in [5.41, 5.74) is 4.40. The molecule has 0 fully saturated rings. The van der Waals surface area contributed by atoms with Crippen molar-refractivity contribution < 1.29 is 4.39 Å². The van der Waals surface area contributed by atoms with Gasteiger partial charge in [-0.3, -0.25) is 0 Å². The lowest BCUT2D eigenvalue weighted by Crippen LogP contribution is -1.89. The lowest BCUT2D eigenvalue weighted by Gasteiger charge is -2.07. The van der Waals surface area contributed by atoms with Crippen LogP contribution in [0.4, 0.5) is 4.39 Å². The van der Waals surface area contributed by atoms with Gasteiger partial charge >= 0.3 is 0 Å². The van der Waals surface area contributed by atoms with Crippen molar-refractivity contribution in [2.75, 3.05) is 0 Å². The van der Waals surface area contributed by atoms with Crippen LogP contribution in [0.15, 0.2) is 59.2 Å². The van der Waals surface area contributed by atoms with Crippen molar-refractivity contribution in [3.05, 3.63) is 76.1 Å². The molecule has 0 N–H and O–H groups in total. The predicted molar refractivity (Wildman–Crippen MR) is 109 cm³/mol. The monoisotopic (exact) mass is 400 g/mol. The Balaban J connectivity index is 1.71. The quantitative estimate of drug-likeness (QED) is 0.280. The zero-order valence-corrected chi connectivity index (χ0v) is 16.3. The number of hydrogen-bond donors (Lipinski definition) is 0. The van der Waals surface area contributed by atoms with Gasteiger partial charge in [0.15, 0.2) is 0 Å². The molecule has 4 rings (SSSR count). The highest BCUT2D eigenvalue weighted by Crippen LogP contribution is 2.39. The fourth-order valence-electron chi connectivity index (χ4n) is 2.69. The summed E-state index contributed by atoms with van der Waals surface area (Å²) < 4.78 is 13.2. The van der Waals surface area contributed by atoms with E-state index in [2.05, 4.69) is 46.5 Å². The molecule has 0 atom stereocenters. The smallest absolute Gasteiger partial charge is 0.128 e. The molecule has 2 aromatic carbocycles. The minimum atomic E-state index is -0.326. The average molecular weight is 401 g/mol. The van der Waals surface area contributed by atoms with Gasteiger partial charge in [-0.15, -0.1) is 23.1 Å². The number of benzene rings is 2. The maximum absolute atomic E-state index is 13.2. The van der Waals surface area contributed by atoms with Crippen LogP contribution in [0.1, 0.15) is 11.1 Å². The molecular formula is C20H14ClFN2S2. The maximum atomic E-state index is 13.2. The Morgan fingerprint density at radius 3 is 2.69 bits per heavy atom. The van der Waals surface area contributed by atoms with Crippen LogP contribution in [-0.4, -0.2) is 9.97 Å². The summed E-state index contributed by atoms with van der Waals surface area (Å²) in [6, 6.07) is 12.9. The van der Waals surface area contributed by atoms with Gasteiger partial charge in [-0.2, -0.15) is 0 Å². The Morgan fingerprint density at radius 2 is 1.92 bits per heavy atom. The number of halogens is 2. The number of thioether (sulfide) groups is 1. The zero-order chi connectivity index (χ0) is 18.1. The van der Waals surface area contributed by atoms with Crippen molar-refractivity contribution in [3.8, 4) is 11.1 Å². The predicted octanol–water partition coefficient (Wildman–Crippen LogP) is 6.75. The molecule has 2 nitrogen and oxygen atoms in total. The standard InChI is InChI=1S/C20H14ClFN2S2/c1-12-2-4-13(5-3-12)16-10-26-20-18(16)19(23-11-24-20)25-9-14-6-7-15(22)8-17(14)21/h2-8,10-11H,9H2,1H3. The van der Waals surface area contributed by atoms with E-state index in [0.717, 1.165) is 31.9 Å². The van der Waals surface area contributed by atoms with Crippen LogP contribution >= 0.6 is 34.7 Å². The zero-order valence-electron chi connectivity index (χ0n) is 13.9. The number of rotatable bonds is 4. The van der Waals surface area contributed by atoms with Gasteiger partial charge in [0.05, 0.1) is 5.39 Å². The number of aromatic nitrogens is 2. The van der Waals surface area contributed by atoms with E-state index >= 15 is 0 Å². The van der Waals surface area contributed by atoms with Crippen LogP contribution in [0.3, 0.4) is 0 Å². The molecule has 0 bridgehead atoms. The molecular weight excluding hydrogens is 387 g/mol. The molecule has 0 saturated heterocycles. The Morgan fingerprint density at radius 1 is 1.12 bits per heavy atom. The highest BCUT2D eigenvalue weighted by atomic mass is 35.5. The van der Waals surface area contributed by atoms with Crippen molar-refractivity contribution in [3.63, 3.8) is 0 Å². The third-order valence-corrected chi connectivity index (χ3v) is 6.35. The molecule has 0 unspecified atom stereocenters. The second kappa shape index (κ2) is 7.35. The first-order chi connectivity index (χ1) is 12.6. The van der Waals surface area contributed by atoms with E-state index in [1.54, 1.807) is 35.5 Å². The Hall–Kier alpha value is -1.95. The van der Waals surface area contributed by atoms with Gasteiger partial charge in [0, 0.05) is 21.7 Å². The Labute approximate surface area is 164 Å². The molecule has 0 radical (unpaired) electrons. The summed E-state index contributed by atoms with van der Waals surface area (Å²) in [6.07, 6.45) is 1.59. The van der Waals surface area contributed by atoms with E-state index in [4.69, 9.17) is 11.6 Å². The van der Waals surface area contributed by atoms with Crippen LogP contribution in [0, 0.1) is 12.7 Å². The van der Waals surface area contributed by atoms with Crippen LogP contribution in [0.2, 0.25) is 5.02 Å². The van der Waals surface area contributed by atoms with Gasteiger partial charge in [-0.05, 0) is 30.2 Å². The highest BCUT2D eigenvalue weighted by Gasteiger charge is 2.14. The molecule has 4 aromatic rings. The largest absolute Gasteiger partial charge is 0.229 e. The minimum absolute atomic E-state index is 0.326. The molecule has 0 amide bonds. The third-order valence-electron chi connectivity index (χ3n) is 4.08. The molecule has 0 aliphatic rings. The van der Waals surface area contributed by atoms with E-state index < -0.39 is 0 Å². The summed E-state index contributed by atoms with van der Waals surface area (Å²) in [7, 11) is 0. The first-order valence-electron chi connectivity index (χ1n) is 7.98. The van der Waals surface area contributed by atoms with E-state index in [-0.39, 0.29) is 5.82 Å². The molecule has 0 aliphatic carbocycles. The fraction of sp³-hybridized carbons (Fsp3) is 0.100. The van der Waals surface area contributed by atoms with Crippen LogP contribution in [-0.2, 0) is 5.75 Å². The molecule has 2 aromatic heterocycles. The lowest BCUT2D eigenvalue weighted by molar-refractivity contribution is 0.627. The Bertz CT molecular complexity index is 1080. The fourth-order valence-corrected chi connectivity index (χ4v) is 5.00. The highest BCUT2D eigenvalue weighted by molar-refractivity contribution is 7.98. The SMILES string of the molecule is Cc1ccc(-c2csc3ncnc(SCc4ccc(F)cc4Cl)c23)cc1. The van der Waals surface area contributed by atoms with Crippen molar-refractivity contribution in [2.24, 2.45) is 0 Å². The van der Waals surface area contributed by atoms with Gasteiger partial charge < -0.3 is 0 Å². The van der Waals surface area contributed by atoms with Crippen molar-refractivity contribution in [1.29, 1.82) is 0 Å². The van der Waals surface area contributed by atoms with Gasteiger partial charge in [-0.25, -0.2) is 14.4 Å². The van der Waals surface area contributed by atoms with Crippen LogP contribution in [0.5, 0.6) is 0 Å². The lowest BCUT2D eigenvalue weighted by atomic mass is 10.1. The summed E-state index contributed by atoms with van der Waals surface area (Å²) in [6.45, 7) is 2.08. The third kappa shape index (κ3) is 3.47. The number of thiophene rings is 1. The van der Waals surface area contributed by atoms with E-state index in [0.29, 0.717) is 10.8 Å². The number of fused-ring (bicyclic) bond motifs is 1. The second-order valence-corrected chi connectivity index (χ2v) is 8.13. The van der Waals surface area contributed by atoms with Gasteiger partial charge in [-0.1, -0.05) is 47.5 Å². The van der Waals surface area contributed by atoms with Crippen molar-refractivity contribution in [2.45, 2.75) is 17.7 Å². The van der Waals surface area contributed by atoms with Crippen molar-refractivity contribution in [1.82, 2.24) is 9.97 Å². The maximum Gasteiger partial charge on any atom is 0.128 e. The molecule has 0 spiro atoms. The summed E-state index contributed by atoms with van der Waals surface area (Å²) in [5, 5.41) is 4.53. The summed E-state index contributed by atoms with van der Waals surface area (Å²) in [4.78, 5) is 9.86. The molecule has 0 saturated carbocycles. The summed E-state index contributed by atoms with van der Waals surface area (Å²) >= 11 is 9.35. The van der Waals surface area contributed by atoms with Crippen molar-refractivity contribution >= 4 is 44.9 Å². The topological polar surface area (TPSA) is 25.8 Å². The first kappa shape index (κ1) is 17.5. The van der Waals surface area contributed by atoms with Crippen LogP contribution in [0.25, 0.3) is 21.3 Å². The number of hydrogen-bond acceptors (Lipinski definition) is 4. The minimum Gasteiger partial charge on any atom is -0.229 e. The molecule has 130 valence electrons. The van der Waals surface area contributed by atoms with E-state index in [1.807, 2.05) is 0 Å². The first-order valence-corrected chi connectivity index (χ1v) is 10.2. The number of nitrogens with zero attached hydrogens (tertiary/aromatic N) is 2. The second-order valence-electron chi connectivity index (χ2n) is 5.90. The van der Waals surface area contributed by atoms with Gasteiger partial charge in [0.1, 0.15) is 22.0 Å². The average Bonchev–Trinajstić information content (AvgIpc) is 3.06. The molecule has 2 heterocycles. The number of aryl methyl sites for hydroxylation is 1. The molecule has 6 heteroatoms.